The van der Waals surface area contributed by atoms with Crippen LogP contribution < -0.4 is 11.1 Å². The Morgan fingerprint density at radius 1 is 1.24 bits per heavy atom. The number of benzene rings is 1. The number of rotatable bonds is 2. The Balaban J connectivity index is 2.13. The van der Waals surface area contributed by atoms with Gasteiger partial charge in [0, 0.05) is 0 Å². The normalized spacial score (nSPS) is 25.3. The predicted octanol–water partition coefficient (Wildman–Crippen LogP) is 3.03. The van der Waals surface area contributed by atoms with Crippen LogP contribution in [-0.4, -0.2) is 17.3 Å². The molecule has 17 heavy (non-hydrogen) atoms. The van der Waals surface area contributed by atoms with Crippen molar-refractivity contribution in [3.63, 3.8) is 0 Å². The molecule has 4 heteroatoms. The first-order valence-electron chi connectivity index (χ1n) is 6.17. The highest BCUT2D eigenvalue weighted by atomic mass is 35.5. The highest BCUT2D eigenvalue weighted by Crippen LogP contribution is 2.31. The van der Waals surface area contributed by atoms with Crippen molar-refractivity contribution in [2.75, 3.05) is 11.1 Å². The standard InChI is InChI=1S/C13H19ClN2O/c14-9-5-4-6-10(15)13(9)16-11-7-2-1-3-8-12(11)17/h4-6,11-12,16-17H,1-3,7-8,15H2. The molecule has 4 N–H and O–H groups in total. The van der Waals surface area contributed by atoms with Crippen molar-refractivity contribution in [3.05, 3.63) is 23.2 Å². The van der Waals surface area contributed by atoms with E-state index in [2.05, 4.69) is 5.32 Å². The lowest BCUT2D eigenvalue weighted by Crippen LogP contribution is -2.32. The first kappa shape index (κ1) is 12.5. The van der Waals surface area contributed by atoms with Crippen molar-refractivity contribution in [1.82, 2.24) is 0 Å². The van der Waals surface area contributed by atoms with Crippen molar-refractivity contribution in [3.8, 4) is 0 Å². The van der Waals surface area contributed by atoms with Gasteiger partial charge < -0.3 is 16.2 Å². The number of para-hydroxylation sites is 1. The van der Waals surface area contributed by atoms with Crippen LogP contribution in [0.2, 0.25) is 5.02 Å². The van der Waals surface area contributed by atoms with Crippen LogP contribution in [0, 0.1) is 0 Å². The van der Waals surface area contributed by atoms with E-state index in [1.54, 1.807) is 0 Å². The van der Waals surface area contributed by atoms with Gasteiger partial charge >= 0.3 is 0 Å². The largest absolute Gasteiger partial charge is 0.397 e. The Bertz CT molecular complexity index is 363. The lowest BCUT2D eigenvalue weighted by atomic mass is 10.1. The number of nitrogen functional groups attached to an aromatic ring is 1. The maximum Gasteiger partial charge on any atom is 0.0766 e. The van der Waals surface area contributed by atoms with Gasteiger partial charge in [0.1, 0.15) is 0 Å². The maximum atomic E-state index is 10.0. The Morgan fingerprint density at radius 2 is 2.00 bits per heavy atom. The molecule has 0 bridgehead atoms. The van der Waals surface area contributed by atoms with Crippen LogP contribution in [0.4, 0.5) is 11.4 Å². The molecule has 3 nitrogen and oxygen atoms in total. The molecular weight excluding hydrogens is 236 g/mol. The molecule has 0 saturated heterocycles. The van der Waals surface area contributed by atoms with Gasteiger partial charge in [-0.1, -0.05) is 36.9 Å². The number of hydrogen-bond donors (Lipinski definition) is 3. The average molecular weight is 255 g/mol. The first-order chi connectivity index (χ1) is 8.18. The van der Waals surface area contributed by atoms with Gasteiger partial charge in [-0.15, -0.1) is 0 Å². The van der Waals surface area contributed by atoms with E-state index in [0.717, 1.165) is 31.4 Å². The monoisotopic (exact) mass is 254 g/mol. The quantitative estimate of drug-likeness (QED) is 0.562. The van der Waals surface area contributed by atoms with Crippen molar-refractivity contribution >= 4 is 23.0 Å². The molecule has 0 aliphatic heterocycles. The van der Waals surface area contributed by atoms with Crippen molar-refractivity contribution in [2.45, 2.75) is 44.2 Å². The molecule has 0 radical (unpaired) electrons. The topological polar surface area (TPSA) is 58.3 Å². The molecule has 0 heterocycles. The smallest absolute Gasteiger partial charge is 0.0766 e. The second-order valence-electron chi connectivity index (χ2n) is 4.66. The third kappa shape index (κ3) is 3.05. The van der Waals surface area contributed by atoms with Crippen LogP contribution in [-0.2, 0) is 0 Å². The minimum atomic E-state index is -0.312. The summed E-state index contributed by atoms with van der Waals surface area (Å²) in [5.41, 5.74) is 7.28. The third-order valence-electron chi connectivity index (χ3n) is 3.36. The zero-order chi connectivity index (χ0) is 12.3. The summed E-state index contributed by atoms with van der Waals surface area (Å²) in [5, 5.41) is 14.0. The zero-order valence-electron chi connectivity index (χ0n) is 9.82. The molecule has 2 atom stereocenters. The Hall–Kier alpha value is -0.930. The number of aliphatic hydroxyl groups excluding tert-OH is 1. The summed E-state index contributed by atoms with van der Waals surface area (Å²) >= 11 is 6.11. The van der Waals surface area contributed by atoms with E-state index in [9.17, 15) is 5.11 Å². The molecule has 2 rings (SSSR count). The summed E-state index contributed by atoms with van der Waals surface area (Å²) in [5.74, 6) is 0. The molecule has 1 fully saturated rings. The second-order valence-corrected chi connectivity index (χ2v) is 5.07. The van der Waals surface area contributed by atoms with Crippen LogP contribution in [0.5, 0.6) is 0 Å². The van der Waals surface area contributed by atoms with Crippen LogP contribution >= 0.6 is 11.6 Å². The fourth-order valence-corrected chi connectivity index (χ4v) is 2.57. The Labute approximate surface area is 107 Å². The fraction of sp³-hybridized carbons (Fsp3) is 0.538. The number of aliphatic hydroxyl groups is 1. The van der Waals surface area contributed by atoms with Gasteiger partial charge in [-0.3, -0.25) is 0 Å². The maximum absolute atomic E-state index is 10.0. The molecule has 0 aromatic heterocycles. The van der Waals surface area contributed by atoms with E-state index in [0.29, 0.717) is 10.7 Å². The molecule has 0 amide bonds. The van der Waals surface area contributed by atoms with Crippen LogP contribution in [0.3, 0.4) is 0 Å². The highest BCUT2D eigenvalue weighted by Gasteiger charge is 2.22. The third-order valence-corrected chi connectivity index (χ3v) is 3.67. The Kier molecular flexibility index (Phi) is 4.13. The number of nitrogens with one attached hydrogen (secondary N) is 1. The minimum Gasteiger partial charge on any atom is -0.397 e. The van der Waals surface area contributed by atoms with Gasteiger partial charge in [0.25, 0.3) is 0 Å². The summed E-state index contributed by atoms with van der Waals surface area (Å²) in [4.78, 5) is 0. The van der Waals surface area contributed by atoms with Crippen molar-refractivity contribution in [1.29, 1.82) is 0 Å². The summed E-state index contributed by atoms with van der Waals surface area (Å²) in [6.07, 6.45) is 4.92. The molecule has 2 unspecified atom stereocenters. The van der Waals surface area contributed by atoms with Gasteiger partial charge in [0.05, 0.1) is 28.5 Å². The fourth-order valence-electron chi connectivity index (χ4n) is 2.33. The number of nitrogens with two attached hydrogens (primary N) is 1. The Morgan fingerprint density at radius 3 is 2.76 bits per heavy atom. The van der Waals surface area contributed by atoms with E-state index in [-0.39, 0.29) is 12.1 Å². The molecule has 1 aromatic rings. The second kappa shape index (κ2) is 5.61. The lowest BCUT2D eigenvalue weighted by molar-refractivity contribution is 0.144. The summed E-state index contributed by atoms with van der Waals surface area (Å²) in [6.45, 7) is 0. The summed E-state index contributed by atoms with van der Waals surface area (Å²) in [6, 6.07) is 5.51. The van der Waals surface area contributed by atoms with Crippen molar-refractivity contribution < 1.29 is 5.11 Å². The molecular formula is C13H19ClN2O. The van der Waals surface area contributed by atoms with Crippen LogP contribution in [0.15, 0.2) is 18.2 Å². The van der Waals surface area contributed by atoms with Gasteiger partial charge in [-0.05, 0) is 25.0 Å². The van der Waals surface area contributed by atoms with E-state index in [1.807, 2.05) is 18.2 Å². The SMILES string of the molecule is Nc1cccc(Cl)c1NC1CCCCCC1O. The van der Waals surface area contributed by atoms with E-state index >= 15 is 0 Å². The van der Waals surface area contributed by atoms with Crippen LogP contribution in [0.25, 0.3) is 0 Å². The number of anilines is 2. The molecule has 1 aromatic carbocycles. The van der Waals surface area contributed by atoms with Gasteiger partial charge in [-0.2, -0.15) is 0 Å². The molecule has 0 spiro atoms. The molecule has 1 aliphatic rings. The lowest BCUT2D eigenvalue weighted by Gasteiger charge is -2.24. The van der Waals surface area contributed by atoms with E-state index < -0.39 is 0 Å². The molecule has 94 valence electrons. The predicted molar refractivity (Wildman–Crippen MR) is 72.4 cm³/mol. The van der Waals surface area contributed by atoms with Gasteiger partial charge in [-0.25, -0.2) is 0 Å². The zero-order valence-corrected chi connectivity index (χ0v) is 10.6. The first-order valence-corrected chi connectivity index (χ1v) is 6.55. The molecule has 1 saturated carbocycles. The van der Waals surface area contributed by atoms with E-state index in [4.69, 9.17) is 17.3 Å². The minimum absolute atomic E-state index is 0.0553. The summed E-state index contributed by atoms with van der Waals surface area (Å²) in [7, 11) is 0. The number of hydrogen-bond acceptors (Lipinski definition) is 3. The number of halogens is 1. The van der Waals surface area contributed by atoms with Gasteiger partial charge in [0.15, 0.2) is 0 Å². The summed E-state index contributed by atoms with van der Waals surface area (Å²) < 4.78 is 0. The van der Waals surface area contributed by atoms with Gasteiger partial charge in [0.2, 0.25) is 0 Å². The highest BCUT2D eigenvalue weighted by molar-refractivity contribution is 6.33. The van der Waals surface area contributed by atoms with Crippen molar-refractivity contribution in [2.24, 2.45) is 0 Å². The van der Waals surface area contributed by atoms with Crippen LogP contribution in [0.1, 0.15) is 32.1 Å². The molecule has 1 aliphatic carbocycles. The average Bonchev–Trinajstić information content (AvgIpc) is 2.49. The van der Waals surface area contributed by atoms with E-state index in [1.165, 1.54) is 6.42 Å².